The summed E-state index contributed by atoms with van der Waals surface area (Å²) in [5.41, 5.74) is 0. The van der Waals surface area contributed by atoms with E-state index in [1.165, 1.54) is 19.5 Å². The van der Waals surface area contributed by atoms with E-state index in [1.807, 2.05) is 6.92 Å². The Morgan fingerprint density at radius 1 is 1.53 bits per heavy atom. The van der Waals surface area contributed by atoms with Crippen LogP contribution in [-0.2, 0) is 0 Å². The molecule has 3 nitrogen and oxygen atoms in total. The van der Waals surface area contributed by atoms with Crippen LogP contribution in [0, 0.1) is 5.92 Å². The van der Waals surface area contributed by atoms with Gasteiger partial charge >= 0.3 is 0 Å². The van der Waals surface area contributed by atoms with E-state index < -0.39 is 0 Å². The molecular weight excluding hydrogens is 188 g/mol. The second kappa shape index (κ2) is 6.46. The summed E-state index contributed by atoms with van der Waals surface area (Å²) in [6, 6.07) is 0.692. The van der Waals surface area contributed by atoms with Gasteiger partial charge in [0.05, 0.1) is 6.10 Å². The van der Waals surface area contributed by atoms with Gasteiger partial charge in [0, 0.05) is 19.1 Å². The van der Waals surface area contributed by atoms with Crippen molar-refractivity contribution in [2.75, 3.05) is 26.2 Å². The summed E-state index contributed by atoms with van der Waals surface area (Å²) in [7, 11) is 0. The van der Waals surface area contributed by atoms with Crippen molar-refractivity contribution in [3.8, 4) is 0 Å². The van der Waals surface area contributed by atoms with Crippen LogP contribution >= 0.6 is 0 Å². The Kier molecular flexibility index (Phi) is 5.58. The molecule has 0 aromatic rings. The molecule has 0 aromatic heterocycles. The molecule has 3 atom stereocenters. The fraction of sp³-hybridized carbons (Fsp3) is 1.00. The lowest BCUT2D eigenvalue weighted by atomic mass is 9.93. The fourth-order valence-electron chi connectivity index (χ4n) is 2.37. The summed E-state index contributed by atoms with van der Waals surface area (Å²) < 4.78 is 0. The quantitative estimate of drug-likeness (QED) is 0.719. The first-order valence-corrected chi connectivity index (χ1v) is 6.27. The lowest BCUT2D eigenvalue weighted by Crippen LogP contribution is -2.48. The van der Waals surface area contributed by atoms with E-state index in [0.717, 1.165) is 25.4 Å². The van der Waals surface area contributed by atoms with Gasteiger partial charge in [-0.2, -0.15) is 0 Å². The maximum Gasteiger partial charge on any atom is 0.0524 e. The van der Waals surface area contributed by atoms with Gasteiger partial charge in [-0.1, -0.05) is 13.8 Å². The van der Waals surface area contributed by atoms with E-state index in [1.54, 1.807) is 0 Å². The maximum absolute atomic E-state index is 9.25. The van der Waals surface area contributed by atoms with Gasteiger partial charge in [-0.15, -0.1) is 0 Å². The number of hydrogen-bond acceptors (Lipinski definition) is 3. The zero-order valence-electron chi connectivity index (χ0n) is 10.4. The molecule has 1 aliphatic heterocycles. The van der Waals surface area contributed by atoms with Crippen LogP contribution in [0.1, 0.15) is 33.6 Å². The highest BCUT2D eigenvalue weighted by atomic mass is 16.3. The molecule has 3 unspecified atom stereocenters. The van der Waals surface area contributed by atoms with Crippen LogP contribution in [0.3, 0.4) is 0 Å². The summed E-state index contributed by atoms with van der Waals surface area (Å²) in [5, 5.41) is 12.8. The van der Waals surface area contributed by atoms with Gasteiger partial charge < -0.3 is 15.3 Å². The van der Waals surface area contributed by atoms with Crippen LogP contribution in [0.25, 0.3) is 0 Å². The summed E-state index contributed by atoms with van der Waals surface area (Å²) in [6.07, 6.45) is 1.99. The normalized spacial score (nSPS) is 30.4. The molecule has 1 saturated heterocycles. The first kappa shape index (κ1) is 12.9. The highest BCUT2D eigenvalue weighted by Gasteiger charge is 2.24. The van der Waals surface area contributed by atoms with Crippen LogP contribution in [0.2, 0.25) is 0 Å². The molecule has 15 heavy (non-hydrogen) atoms. The summed E-state index contributed by atoms with van der Waals surface area (Å²) in [6.45, 7) is 10.8. The Morgan fingerprint density at radius 3 is 2.80 bits per heavy atom. The second-order valence-corrected chi connectivity index (χ2v) is 4.87. The largest absolute Gasteiger partial charge is 0.393 e. The zero-order chi connectivity index (χ0) is 11.3. The molecule has 0 aliphatic carbocycles. The molecular formula is C12H26N2O. The lowest BCUT2D eigenvalue weighted by molar-refractivity contribution is 0.115. The molecule has 1 rings (SSSR count). The molecule has 3 heteroatoms. The SMILES string of the molecule is CCNC1CCN(CCC(C)O)CC1C. The number of likely N-dealkylation sites (tertiary alicyclic amines) is 1. The predicted molar refractivity (Wildman–Crippen MR) is 64.0 cm³/mol. The first-order chi connectivity index (χ1) is 7.13. The van der Waals surface area contributed by atoms with Gasteiger partial charge in [0.15, 0.2) is 0 Å². The lowest BCUT2D eigenvalue weighted by Gasteiger charge is -2.37. The highest BCUT2D eigenvalue weighted by molar-refractivity contribution is 4.82. The Hall–Kier alpha value is -0.120. The van der Waals surface area contributed by atoms with Gasteiger partial charge in [-0.3, -0.25) is 0 Å². The van der Waals surface area contributed by atoms with Gasteiger partial charge in [0.2, 0.25) is 0 Å². The number of hydrogen-bond donors (Lipinski definition) is 2. The average molecular weight is 214 g/mol. The number of nitrogens with one attached hydrogen (secondary N) is 1. The second-order valence-electron chi connectivity index (χ2n) is 4.87. The Balaban J connectivity index is 2.24. The van der Waals surface area contributed by atoms with E-state index in [-0.39, 0.29) is 6.10 Å². The molecule has 0 saturated carbocycles. The van der Waals surface area contributed by atoms with Crippen LogP contribution in [-0.4, -0.2) is 48.3 Å². The maximum atomic E-state index is 9.25. The molecule has 2 N–H and O–H groups in total. The van der Waals surface area contributed by atoms with Crippen LogP contribution in [0.4, 0.5) is 0 Å². The monoisotopic (exact) mass is 214 g/mol. The third kappa shape index (κ3) is 4.49. The molecule has 90 valence electrons. The van der Waals surface area contributed by atoms with E-state index in [4.69, 9.17) is 0 Å². The number of piperidine rings is 1. The van der Waals surface area contributed by atoms with Gasteiger partial charge in [-0.05, 0) is 38.8 Å². The molecule has 0 bridgehead atoms. The third-order valence-corrected chi connectivity index (χ3v) is 3.32. The standard InChI is InChI=1S/C12H26N2O/c1-4-13-12-6-8-14(9-10(12)2)7-5-11(3)15/h10-13,15H,4-9H2,1-3H3. The van der Waals surface area contributed by atoms with E-state index in [0.29, 0.717) is 6.04 Å². The van der Waals surface area contributed by atoms with Crippen LogP contribution in [0.5, 0.6) is 0 Å². The number of rotatable bonds is 5. The molecule has 0 spiro atoms. The first-order valence-electron chi connectivity index (χ1n) is 6.27. The number of aliphatic hydroxyl groups is 1. The minimum Gasteiger partial charge on any atom is -0.393 e. The van der Waals surface area contributed by atoms with Crippen LogP contribution in [0.15, 0.2) is 0 Å². The van der Waals surface area contributed by atoms with Gasteiger partial charge in [0.25, 0.3) is 0 Å². The minimum absolute atomic E-state index is 0.160. The molecule has 0 amide bonds. The number of aliphatic hydroxyl groups excluding tert-OH is 1. The topological polar surface area (TPSA) is 35.5 Å². The van der Waals surface area contributed by atoms with Crippen molar-refractivity contribution >= 4 is 0 Å². The molecule has 1 heterocycles. The molecule has 1 aliphatic rings. The van der Waals surface area contributed by atoms with Crippen LogP contribution < -0.4 is 5.32 Å². The van der Waals surface area contributed by atoms with Crippen molar-refractivity contribution in [3.05, 3.63) is 0 Å². The van der Waals surface area contributed by atoms with Crippen molar-refractivity contribution in [2.24, 2.45) is 5.92 Å². The van der Waals surface area contributed by atoms with Crippen molar-refractivity contribution in [1.29, 1.82) is 0 Å². The summed E-state index contributed by atoms with van der Waals surface area (Å²) in [4.78, 5) is 2.48. The van der Waals surface area contributed by atoms with E-state index >= 15 is 0 Å². The highest BCUT2D eigenvalue weighted by Crippen LogP contribution is 2.17. The van der Waals surface area contributed by atoms with E-state index in [9.17, 15) is 5.11 Å². The van der Waals surface area contributed by atoms with Crippen molar-refractivity contribution in [3.63, 3.8) is 0 Å². The van der Waals surface area contributed by atoms with Crippen molar-refractivity contribution < 1.29 is 5.11 Å². The fourth-order valence-corrected chi connectivity index (χ4v) is 2.37. The minimum atomic E-state index is -0.160. The van der Waals surface area contributed by atoms with Crippen molar-refractivity contribution in [2.45, 2.75) is 45.8 Å². The third-order valence-electron chi connectivity index (χ3n) is 3.32. The summed E-state index contributed by atoms with van der Waals surface area (Å²) in [5.74, 6) is 0.729. The van der Waals surface area contributed by atoms with Gasteiger partial charge in [-0.25, -0.2) is 0 Å². The molecule has 0 aromatic carbocycles. The van der Waals surface area contributed by atoms with Crippen molar-refractivity contribution in [1.82, 2.24) is 10.2 Å². The molecule has 1 fully saturated rings. The zero-order valence-corrected chi connectivity index (χ0v) is 10.4. The van der Waals surface area contributed by atoms with E-state index in [2.05, 4.69) is 24.1 Å². The Bertz CT molecular complexity index is 173. The van der Waals surface area contributed by atoms with Gasteiger partial charge in [0.1, 0.15) is 0 Å². The molecule has 0 radical (unpaired) electrons. The predicted octanol–water partition coefficient (Wildman–Crippen LogP) is 1.08. The summed E-state index contributed by atoms with van der Waals surface area (Å²) >= 11 is 0. The Morgan fingerprint density at radius 2 is 2.27 bits per heavy atom. The Labute approximate surface area is 93.9 Å². The smallest absolute Gasteiger partial charge is 0.0524 e. The number of nitrogens with zero attached hydrogens (tertiary/aromatic N) is 1. The average Bonchev–Trinajstić information content (AvgIpc) is 2.19.